The van der Waals surface area contributed by atoms with Gasteiger partial charge in [-0.3, -0.25) is 10.1 Å². The first-order valence-electron chi connectivity index (χ1n) is 6.08. The second-order valence-corrected chi connectivity index (χ2v) is 5.38. The first-order chi connectivity index (χ1) is 9.16. The molecule has 0 spiro atoms. The summed E-state index contributed by atoms with van der Waals surface area (Å²) < 4.78 is 0. The van der Waals surface area contributed by atoms with E-state index >= 15 is 0 Å². The average Bonchev–Trinajstić information content (AvgIpc) is 2.60. The zero-order chi connectivity index (χ0) is 13.7. The van der Waals surface area contributed by atoms with Crippen LogP contribution >= 0.6 is 11.8 Å². The lowest BCUT2D eigenvalue weighted by Gasteiger charge is -2.02. The molecular weight excluding hydrogens is 258 g/mol. The second kappa shape index (κ2) is 6.38. The van der Waals surface area contributed by atoms with Gasteiger partial charge in [-0.2, -0.15) is 0 Å². The summed E-state index contributed by atoms with van der Waals surface area (Å²) in [6.07, 6.45) is 7.30. The van der Waals surface area contributed by atoms with E-state index in [1.54, 1.807) is 6.08 Å². The molecule has 19 heavy (non-hydrogen) atoms. The molecule has 0 radical (unpaired) electrons. The Hall–Kier alpha value is -1.81. The van der Waals surface area contributed by atoms with Crippen molar-refractivity contribution < 1.29 is 4.92 Å². The number of nitrogens with zero attached hydrogens (tertiary/aromatic N) is 1. The summed E-state index contributed by atoms with van der Waals surface area (Å²) in [6, 6.07) is 9.97. The first kappa shape index (κ1) is 13.6. The quantitative estimate of drug-likeness (QED) is 0.611. The minimum atomic E-state index is -0.313. The molecule has 0 amide bonds. The van der Waals surface area contributed by atoms with Crippen LogP contribution in [0, 0.1) is 16.0 Å². The Morgan fingerprint density at radius 3 is 2.58 bits per heavy atom. The predicted octanol–water partition coefficient (Wildman–Crippen LogP) is 4.17. The molecule has 4 heteroatoms. The van der Waals surface area contributed by atoms with E-state index in [2.05, 4.69) is 0 Å². The van der Waals surface area contributed by atoms with Gasteiger partial charge in [-0.1, -0.05) is 49.4 Å². The Morgan fingerprint density at radius 1 is 1.21 bits per heavy atom. The summed E-state index contributed by atoms with van der Waals surface area (Å²) in [5, 5.41) is 11.1. The van der Waals surface area contributed by atoms with Crippen LogP contribution in [0.4, 0.5) is 0 Å². The smallest absolute Gasteiger partial charge is 0.258 e. The van der Waals surface area contributed by atoms with E-state index in [0.717, 1.165) is 16.2 Å². The van der Waals surface area contributed by atoms with Crippen LogP contribution in [0.15, 0.2) is 65.2 Å². The van der Waals surface area contributed by atoms with Gasteiger partial charge in [0.25, 0.3) is 5.70 Å². The fourth-order valence-corrected chi connectivity index (χ4v) is 2.70. The van der Waals surface area contributed by atoms with Crippen molar-refractivity contribution >= 4 is 11.8 Å². The number of benzene rings is 1. The van der Waals surface area contributed by atoms with E-state index in [4.69, 9.17) is 0 Å². The van der Waals surface area contributed by atoms with Crippen molar-refractivity contribution in [2.45, 2.75) is 12.7 Å². The van der Waals surface area contributed by atoms with Crippen LogP contribution in [-0.4, -0.2) is 4.92 Å². The van der Waals surface area contributed by atoms with Gasteiger partial charge in [0.05, 0.1) is 9.83 Å². The summed E-state index contributed by atoms with van der Waals surface area (Å²) in [6.45, 7) is 2.01. The average molecular weight is 273 g/mol. The van der Waals surface area contributed by atoms with Crippen LogP contribution in [0.3, 0.4) is 0 Å². The van der Waals surface area contributed by atoms with Crippen LogP contribution in [0.2, 0.25) is 0 Å². The highest BCUT2D eigenvalue weighted by Crippen LogP contribution is 2.29. The number of hydrogen-bond donors (Lipinski definition) is 0. The lowest BCUT2D eigenvalue weighted by atomic mass is 10.2. The Balaban J connectivity index is 2.17. The van der Waals surface area contributed by atoms with Crippen LogP contribution in [0.1, 0.15) is 12.5 Å². The first-order valence-corrected chi connectivity index (χ1v) is 7.07. The summed E-state index contributed by atoms with van der Waals surface area (Å²) in [5.74, 6) is 0.963. The highest BCUT2D eigenvalue weighted by atomic mass is 32.2. The van der Waals surface area contributed by atoms with E-state index in [9.17, 15) is 10.1 Å². The summed E-state index contributed by atoms with van der Waals surface area (Å²) in [4.78, 5) is 11.5. The third-order valence-corrected chi connectivity index (χ3v) is 3.93. The van der Waals surface area contributed by atoms with Gasteiger partial charge in [0, 0.05) is 11.8 Å². The van der Waals surface area contributed by atoms with Gasteiger partial charge in [-0.05, 0) is 17.6 Å². The Bertz CT molecular complexity index is 547. The summed E-state index contributed by atoms with van der Waals surface area (Å²) in [5.41, 5.74) is 1.35. The molecule has 1 unspecified atom stereocenters. The molecule has 1 atom stereocenters. The van der Waals surface area contributed by atoms with E-state index in [1.807, 2.05) is 55.5 Å². The van der Waals surface area contributed by atoms with Crippen molar-refractivity contribution in [1.82, 2.24) is 0 Å². The molecule has 0 saturated heterocycles. The van der Waals surface area contributed by atoms with Gasteiger partial charge in [-0.15, -0.1) is 11.8 Å². The molecule has 1 aliphatic rings. The Morgan fingerprint density at radius 2 is 1.89 bits per heavy atom. The zero-order valence-corrected chi connectivity index (χ0v) is 11.5. The molecule has 0 saturated carbocycles. The molecule has 2 rings (SSSR count). The van der Waals surface area contributed by atoms with Crippen molar-refractivity contribution in [1.29, 1.82) is 0 Å². The maximum Gasteiger partial charge on any atom is 0.282 e. The SMILES string of the molecule is CC1C=CC(SCc2ccccc2)=C([N+](=O)[O-])C=C1. The van der Waals surface area contributed by atoms with Crippen LogP contribution in [0.25, 0.3) is 0 Å². The fourth-order valence-electron chi connectivity index (χ4n) is 1.72. The van der Waals surface area contributed by atoms with Crippen LogP contribution < -0.4 is 0 Å². The second-order valence-electron chi connectivity index (χ2n) is 4.36. The highest BCUT2D eigenvalue weighted by Gasteiger charge is 2.16. The van der Waals surface area contributed by atoms with Crippen molar-refractivity contribution in [3.63, 3.8) is 0 Å². The van der Waals surface area contributed by atoms with Gasteiger partial charge in [0.2, 0.25) is 0 Å². The maximum atomic E-state index is 11.1. The molecule has 0 fully saturated rings. The number of allylic oxidation sites excluding steroid dienone is 4. The molecule has 1 aromatic rings. The molecule has 1 aromatic carbocycles. The van der Waals surface area contributed by atoms with Crippen molar-refractivity contribution in [3.05, 3.63) is 80.9 Å². The molecule has 0 bridgehead atoms. The molecule has 3 nitrogen and oxygen atoms in total. The standard InChI is InChI=1S/C15H15NO2S/c1-12-7-9-14(16(17)18)15(10-8-12)19-11-13-5-3-2-4-6-13/h2-10,12H,11H2,1H3. The monoisotopic (exact) mass is 273 g/mol. The fraction of sp³-hybridized carbons (Fsp3) is 0.200. The Labute approximate surface area is 116 Å². The maximum absolute atomic E-state index is 11.1. The normalized spacial score (nSPS) is 18.5. The van der Waals surface area contributed by atoms with Gasteiger partial charge < -0.3 is 0 Å². The van der Waals surface area contributed by atoms with Gasteiger partial charge in [-0.25, -0.2) is 0 Å². The Kier molecular flexibility index (Phi) is 4.58. The largest absolute Gasteiger partial charge is 0.282 e. The van der Waals surface area contributed by atoms with E-state index in [-0.39, 0.29) is 16.5 Å². The van der Waals surface area contributed by atoms with Gasteiger partial charge >= 0.3 is 0 Å². The van der Waals surface area contributed by atoms with E-state index in [1.165, 1.54) is 11.8 Å². The molecule has 0 heterocycles. The third-order valence-electron chi connectivity index (χ3n) is 2.80. The van der Waals surface area contributed by atoms with Gasteiger partial charge in [0.15, 0.2) is 0 Å². The number of rotatable bonds is 4. The minimum Gasteiger partial charge on any atom is -0.258 e. The lowest BCUT2D eigenvalue weighted by Crippen LogP contribution is -1.98. The minimum absolute atomic E-state index is 0.182. The summed E-state index contributed by atoms with van der Waals surface area (Å²) in [7, 11) is 0. The third kappa shape index (κ3) is 3.83. The molecule has 0 aromatic heterocycles. The topological polar surface area (TPSA) is 43.1 Å². The van der Waals surface area contributed by atoms with Crippen molar-refractivity contribution in [3.8, 4) is 0 Å². The summed E-state index contributed by atoms with van der Waals surface area (Å²) >= 11 is 1.50. The highest BCUT2D eigenvalue weighted by molar-refractivity contribution is 8.02. The van der Waals surface area contributed by atoms with Crippen LogP contribution in [-0.2, 0) is 5.75 Å². The molecule has 98 valence electrons. The molecule has 0 aliphatic heterocycles. The van der Waals surface area contributed by atoms with Gasteiger partial charge in [0.1, 0.15) is 0 Å². The van der Waals surface area contributed by atoms with Crippen molar-refractivity contribution in [2.24, 2.45) is 5.92 Å². The molecule has 1 aliphatic carbocycles. The number of nitro groups is 1. The van der Waals surface area contributed by atoms with Crippen LogP contribution in [0.5, 0.6) is 0 Å². The lowest BCUT2D eigenvalue weighted by molar-refractivity contribution is -0.419. The van der Waals surface area contributed by atoms with Crippen molar-refractivity contribution in [2.75, 3.05) is 0 Å². The zero-order valence-electron chi connectivity index (χ0n) is 10.7. The van der Waals surface area contributed by atoms with E-state index < -0.39 is 0 Å². The predicted molar refractivity (Wildman–Crippen MR) is 79.2 cm³/mol. The molecular formula is C15H15NO2S. The number of hydrogen-bond acceptors (Lipinski definition) is 3. The number of thioether (sulfide) groups is 1. The molecule has 0 N–H and O–H groups in total. The van der Waals surface area contributed by atoms with E-state index in [0.29, 0.717) is 0 Å².